The average molecular weight is 282 g/mol. The van der Waals surface area contributed by atoms with E-state index in [1.165, 1.54) is 0 Å². The predicted molar refractivity (Wildman–Crippen MR) is 71.8 cm³/mol. The molecule has 0 atom stereocenters. The average Bonchev–Trinajstić information content (AvgIpc) is 2.95. The van der Waals surface area contributed by atoms with Crippen LogP contribution < -0.4 is 5.32 Å². The van der Waals surface area contributed by atoms with E-state index in [0.29, 0.717) is 11.8 Å². The molecule has 0 spiro atoms. The van der Waals surface area contributed by atoms with Crippen molar-refractivity contribution in [2.75, 3.05) is 6.54 Å². The van der Waals surface area contributed by atoms with E-state index in [-0.39, 0.29) is 0 Å². The van der Waals surface area contributed by atoms with Gasteiger partial charge in [0.15, 0.2) is 0 Å². The van der Waals surface area contributed by atoms with E-state index < -0.39 is 0 Å². The third-order valence-corrected chi connectivity index (χ3v) is 3.39. The van der Waals surface area contributed by atoms with Crippen molar-refractivity contribution in [1.82, 2.24) is 30.7 Å². The van der Waals surface area contributed by atoms with Crippen molar-refractivity contribution in [3.05, 3.63) is 17.5 Å². The first-order chi connectivity index (χ1) is 9.15. The molecule has 2 aromatic rings. The van der Waals surface area contributed by atoms with Gasteiger partial charge in [-0.2, -0.15) is 0 Å². The van der Waals surface area contributed by atoms with Crippen molar-refractivity contribution < 1.29 is 4.52 Å². The fourth-order valence-corrected chi connectivity index (χ4v) is 2.31. The molecule has 0 aliphatic carbocycles. The maximum absolute atomic E-state index is 5.02. The molecule has 2 rings (SSSR count). The lowest BCUT2D eigenvalue weighted by Crippen LogP contribution is -2.27. The SMILES string of the molecule is Cc1cc(CSc2nnnn2CCNC(C)C)no1. The quantitative estimate of drug-likeness (QED) is 0.765. The highest BCUT2D eigenvalue weighted by molar-refractivity contribution is 7.98. The highest BCUT2D eigenvalue weighted by Gasteiger charge is 2.09. The van der Waals surface area contributed by atoms with Gasteiger partial charge in [-0.05, 0) is 17.4 Å². The van der Waals surface area contributed by atoms with Crippen LogP contribution in [0.1, 0.15) is 25.3 Å². The summed E-state index contributed by atoms with van der Waals surface area (Å²) >= 11 is 1.56. The second-order valence-electron chi connectivity index (χ2n) is 4.51. The molecule has 1 N–H and O–H groups in total. The van der Waals surface area contributed by atoms with Crippen molar-refractivity contribution in [2.45, 2.75) is 44.3 Å². The van der Waals surface area contributed by atoms with Crippen molar-refractivity contribution in [2.24, 2.45) is 0 Å². The minimum Gasteiger partial charge on any atom is -0.361 e. The monoisotopic (exact) mass is 282 g/mol. The summed E-state index contributed by atoms with van der Waals surface area (Å²) in [6.07, 6.45) is 0. The Morgan fingerprint density at radius 1 is 1.47 bits per heavy atom. The molecular weight excluding hydrogens is 264 g/mol. The van der Waals surface area contributed by atoms with Crippen LogP contribution in [0.4, 0.5) is 0 Å². The summed E-state index contributed by atoms with van der Waals surface area (Å²) in [7, 11) is 0. The molecular formula is C11H18N6OS. The first-order valence-corrected chi connectivity index (χ1v) is 7.18. The number of hydrogen-bond donors (Lipinski definition) is 1. The lowest BCUT2D eigenvalue weighted by Gasteiger charge is -2.08. The highest BCUT2D eigenvalue weighted by Crippen LogP contribution is 2.19. The van der Waals surface area contributed by atoms with Crippen LogP contribution in [0.15, 0.2) is 15.7 Å². The van der Waals surface area contributed by atoms with Gasteiger partial charge in [0.25, 0.3) is 0 Å². The zero-order valence-electron chi connectivity index (χ0n) is 11.3. The lowest BCUT2D eigenvalue weighted by molar-refractivity contribution is 0.393. The van der Waals surface area contributed by atoms with E-state index in [0.717, 1.165) is 29.7 Å². The number of nitrogens with one attached hydrogen (secondary N) is 1. The molecule has 0 amide bonds. The third-order valence-electron chi connectivity index (χ3n) is 2.40. The fraction of sp³-hybridized carbons (Fsp3) is 0.636. The van der Waals surface area contributed by atoms with E-state index in [9.17, 15) is 0 Å². The van der Waals surface area contributed by atoms with E-state index in [2.05, 4.69) is 39.8 Å². The molecule has 2 heterocycles. The van der Waals surface area contributed by atoms with Crippen LogP contribution in [0, 0.1) is 6.92 Å². The Hall–Kier alpha value is -1.41. The Morgan fingerprint density at radius 3 is 3.00 bits per heavy atom. The molecule has 0 aliphatic rings. The van der Waals surface area contributed by atoms with Gasteiger partial charge in [-0.25, -0.2) is 4.68 Å². The molecule has 19 heavy (non-hydrogen) atoms. The van der Waals surface area contributed by atoms with E-state index in [1.807, 2.05) is 13.0 Å². The summed E-state index contributed by atoms with van der Waals surface area (Å²) in [6, 6.07) is 2.38. The minimum absolute atomic E-state index is 0.464. The van der Waals surface area contributed by atoms with Crippen LogP contribution in [-0.2, 0) is 12.3 Å². The Morgan fingerprint density at radius 2 is 2.32 bits per heavy atom. The molecule has 7 nitrogen and oxygen atoms in total. The van der Waals surface area contributed by atoms with Crippen LogP contribution in [0.25, 0.3) is 0 Å². The molecule has 0 unspecified atom stereocenters. The summed E-state index contributed by atoms with van der Waals surface area (Å²) < 4.78 is 6.82. The van der Waals surface area contributed by atoms with Gasteiger partial charge in [0.05, 0.1) is 12.2 Å². The number of nitrogens with zero attached hydrogens (tertiary/aromatic N) is 5. The number of thioether (sulfide) groups is 1. The second-order valence-corrected chi connectivity index (χ2v) is 5.45. The molecule has 0 fully saturated rings. The molecule has 104 valence electrons. The van der Waals surface area contributed by atoms with Crippen LogP contribution in [0.5, 0.6) is 0 Å². The Balaban J connectivity index is 1.85. The van der Waals surface area contributed by atoms with Crippen LogP contribution >= 0.6 is 11.8 Å². The third kappa shape index (κ3) is 4.32. The summed E-state index contributed by atoms with van der Waals surface area (Å²) in [5.74, 6) is 1.52. The van der Waals surface area contributed by atoms with Crippen molar-refractivity contribution in [3.63, 3.8) is 0 Å². The topological polar surface area (TPSA) is 81.7 Å². The van der Waals surface area contributed by atoms with Crippen LogP contribution in [0.3, 0.4) is 0 Å². The van der Waals surface area contributed by atoms with E-state index >= 15 is 0 Å². The molecule has 2 aromatic heterocycles. The molecule has 0 saturated heterocycles. The molecule has 0 aliphatic heterocycles. The number of hydrogen-bond acceptors (Lipinski definition) is 7. The van der Waals surface area contributed by atoms with Gasteiger partial charge in [0.2, 0.25) is 5.16 Å². The van der Waals surface area contributed by atoms with E-state index in [1.54, 1.807) is 16.4 Å². The Bertz CT molecular complexity index is 509. The van der Waals surface area contributed by atoms with Gasteiger partial charge < -0.3 is 9.84 Å². The lowest BCUT2D eigenvalue weighted by atomic mass is 10.4. The number of rotatable bonds is 7. The number of aromatic nitrogens is 5. The molecule has 0 bridgehead atoms. The van der Waals surface area contributed by atoms with Gasteiger partial charge in [-0.1, -0.05) is 30.8 Å². The molecule has 8 heteroatoms. The Labute approximate surface area is 116 Å². The summed E-state index contributed by atoms with van der Waals surface area (Å²) in [5, 5.41) is 19.8. The van der Waals surface area contributed by atoms with Crippen molar-refractivity contribution in [3.8, 4) is 0 Å². The van der Waals surface area contributed by atoms with Gasteiger partial charge in [-0.3, -0.25) is 0 Å². The molecule has 0 aromatic carbocycles. The van der Waals surface area contributed by atoms with Crippen molar-refractivity contribution >= 4 is 11.8 Å². The second kappa shape index (κ2) is 6.67. The zero-order chi connectivity index (χ0) is 13.7. The minimum atomic E-state index is 0.464. The first kappa shape index (κ1) is 14.0. The first-order valence-electron chi connectivity index (χ1n) is 6.19. The van der Waals surface area contributed by atoms with Crippen LogP contribution in [0.2, 0.25) is 0 Å². The summed E-state index contributed by atoms with van der Waals surface area (Å²) in [5.41, 5.74) is 0.900. The predicted octanol–water partition coefficient (Wildman–Crippen LogP) is 1.26. The maximum Gasteiger partial charge on any atom is 0.209 e. The largest absolute Gasteiger partial charge is 0.361 e. The number of aryl methyl sites for hydroxylation is 1. The smallest absolute Gasteiger partial charge is 0.209 e. The number of tetrazole rings is 1. The van der Waals surface area contributed by atoms with E-state index in [4.69, 9.17) is 4.52 Å². The standard InChI is InChI=1S/C11H18N6OS/c1-8(2)12-4-5-17-11(13-15-16-17)19-7-10-6-9(3)18-14-10/h6,8,12H,4-5,7H2,1-3H3. The normalized spacial score (nSPS) is 11.4. The van der Waals surface area contributed by atoms with Gasteiger partial charge in [0.1, 0.15) is 5.76 Å². The Kier molecular flexibility index (Phi) is 4.92. The zero-order valence-corrected chi connectivity index (χ0v) is 12.1. The van der Waals surface area contributed by atoms with Gasteiger partial charge in [-0.15, -0.1) is 5.10 Å². The summed E-state index contributed by atoms with van der Waals surface area (Å²) in [4.78, 5) is 0. The summed E-state index contributed by atoms with van der Waals surface area (Å²) in [6.45, 7) is 7.71. The van der Waals surface area contributed by atoms with Gasteiger partial charge >= 0.3 is 0 Å². The highest BCUT2D eigenvalue weighted by atomic mass is 32.2. The van der Waals surface area contributed by atoms with Gasteiger partial charge in [0, 0.05) is 24.4 Å². The fourth-order valence-electron chi connectivity index (χ4n) is 1.52. The maximum atomic E-state index is 5.02. The van der Waals surface area contributed by atoms with Crippen molar-refractivity contribution in [1.29, 1.82) is 0 Å². The molecule has 0 radical (unpaired) electrons. The van der Waals surface area contributed by atoms with Crippen LogP contribution in [-0.4, -0.2) is 38.0 Å². The molecule has 0 saturated carbocycles.